The molecule has 3 aliphatic rings. The van der Waals surface area contributed by atoms with Crippen molar-refractivity contribution in [3.63, 3.8) is 0 Å². The summed E-state index contributed by atoms with van der Waals surface area (Å²) in [7, 11) is -2.12. The molecule has 4 unspecified atom stereocenters. The van der Waals surface area contributed by atoms with Gasteiger partial charge < -0.3 is 15.5 Å². The Morgan fingerprint density at radius 1 is 1.03 bits per heavy atom. The van der Waals surface area contributed by atoms with Crippen LogP contribution in [0, 0.1) is 22.7 Å². The number of nitrogens with one attached hydrogen (secondary N) is 2. The minimum absolute atomic E-state index is 0.0638. The lowest BCUT2D eigenvalue weighted by Crippen LogP contribution is -2.49. The van der Waals surface area contributed by atoms with Crippen LogP contribution in [-0.2, 0) is 14.8 Å². The van der Waals surface area contributed by atoms with Crippen molar-refractivity contribution in [3.8, 4) is 0 Å². The second-order valence-electron chi connectivity index (χ2n) is 10.6. The van der Waals surface area contributed by atoms with Gasteiger partial charge >= 0.3 is 6.03 Å². The van der Waals surface area contributed by atoms with Gasteiger partial charge in [0, 0.05) is 45.8 Å². The van der Waals surface area contributed by atoms with E-state index in [2.05, 4.69) is 10.6 Å². The summed E-state index contributed by atoms with van der Waals surface area (Å²) >= 11 is 0. The number of benzene rings is 1. The Hall–Kier alpha value is -2.73. The number of urea groups is 1. The third-order valence-corrected chi connectivity index (χ3v) is 10.6. The van der Waals surface area contributed by atoms with E-state index >= 15 is 0 Å². The predicted molar refractivity (Wildman–Crippen MR) is 144 cm³/mol. The fourth-order valence-corrected chi connectivity index (χ4v) is 7.94. The van der Waals surface area contributed by atoms with Crippen molar-refractivity contribution >= 4 is 27.6 Å². The zero-order valence-electron chi connectivity index (χ0n) is 22.8. The molecule has 0 bridgehead atoms. The van der Waals surface area contributed by atoms with Gasteiger partial charge in [-0.15, -0.1) is 5.01 Å². The van der Waals surface area contributed by atoms with Gasteiger partial charge in [-0.25, -0.2) is 13.2 Å². The van der Waals surface area contributed by atoms with Gasteiger partial charge in [-0.3, -0.25) is 4.79 Å². The number of amides is 3. The number of carbonyl (C=O) groups excluding carboxylic acids is 2. The molecular weight excluding hydrogens is 508 g/mol. The minimum Gasteiger partial charge on any atom is -0.343 e. The van der Waals surface area contributed by atoms with Gasteiger partial charge in [-0.1, -0.05) is 0 Å². The molecule has 4 rings (SSSR count). The number of rotatable bonds is 7. The summed E-state index contributed by atoms with van der Waals surface area (Å²) in [6, 6.07) is 5.36. The molecule has 0 radical (unpaired) electrons. The van der Waals surface area contributed by atoms with Crippen molar-refractivity contribution in [2.75, 3.05) is 45.1 Å². The van der Waals surface area contributed by atoms with Crippen LogP contribution in [0.15, 0.2) is 29.2 Å². The predicted octanol–water partition coefficient (Wildman–Crippen LogP) is 2.50. The number of hydrogen-bond acceptors (Lipinski definition) is 5. The second kappa shape index (κ2) is 11.6. The molecule has 1 aromatic rings. The number of anilines is 1. The molecule has 3 amide bonds. The van der Waals surface area contributed by atoms with E-state index in [4.69, 9.17) is 0 Å². The molecule has 0 spiro atoms. The van der Waals surface area contributed by atoms with E-state index in [0.29, 0.717) is 50.2 Å². The number of carbonyl (C=O) groups is 2. The van der Waals surface area contributed by atoms with Crippen LogP contribution in [0.25, 0.3) is 0 Å². The molecule has 1 aromatic carbocycles. The number of nitrogens with zero attached hydrogens (tertiary/aromatic N) is 4. The molecule has 0 saturated carbocycles. The highest BCUT2D eigenvalue weighted by Crippen LogP contribution is 2.42. The molecule has 0 aliphatic carbocycles. The molecule has 4 atom stereocenters. The summed E-state index contributed by atoms with van der Waals surface area (Å²) < 4.78 is 28.1. The van der Waals surface area contributed by atoms with Gasteiger partial charge in [0.05, 0.1) is 16.3 Å². The highest BCUT2D eigenvalue weighted by molar-refractivity contribution is 7.89. The van der Waals surface area contributed by atoms with E-state index in [1.807, 2.05) is 30.7 Å². The van der Waals surface area contributed by atoms with Crippen molar-refractivity contribution in [3.05, 3.63) is 29.2 Å². The molecular formula is C26H41N6O5S+. The summed E-state index contributed by atoms with van der Waals surface area (Å²) in [5.74, 6) is 0.454. The van der Waals surface area contributed by atoms with Crippen LogP contribution in [0.1, 0.15) is 46.5 Å². The van der Waals surface area contributed by atoms with Crippen LogP contribution in [0.5, 0.6) is 0 Å². The van der Waals surface area contributed by atoms with Crippen LogP contribution < -0.4 is 10.6 Å². The van der Waals surface area contributed by atoms with Gasteiger partial charge in [0.25, 0.3) is 0 Å². The Bertz CT molecular complexity index is 1130. The lowest BCUT2D eigenvalue weighted by atomic mass is 9.74. The van der Waals surface area contributed by atoms with E-state index < -0.39 is 10.0 Å². The van der Waals surface area contributed by atoms with Crippen molar-refractivity contribution in [2.45, 2.75) is 63.4 Å². The smallest absolute Gasteiger partial charge is 0.318 e. The number of fused-ring (bicyclic) bond motifs is 1. The summed E-state index contributed by atoms with van der Waals surface area (Å²) in [5.41, 5.74) is 0.518. The molecule has 3 heterocycles. The molecule has 2 N–H and O–H groups in total. The zero-order chi connectivity index (χ0) is 27.6. The minimum atomic E-state index is -3.63. The Labute approximate surface area is 225 Å². The fraction of sp³-hybridized carbons (Fsp3) is 0.692. The van der Waals surface area contributed by atoms with Gasteiger partial charge in [0.2, 0.25) is 22.0 Å². The van der Waals surface area contributed by atoms with Crippen molar-refractivity contribution in [1.29, 1.82) is 0 Å². The quantitative estimate of drug-likeness (QED) is 0.504. The first-order valence-electron chi connectivity index (χ1n) is 13.7. The molecule has 38 heavy (non-hydrogen) atoms. The standard InChI is InChI=1S/C26H40N6O5S/c1-5-29(6-2)25(33)24-18(3)32(35)31-16-13-20(17-23(24)31)19-11-14-30(15-12-19)38(36,37)22-9-7-21(8-10-22)28-26(34)27-4/h7-10,18-20,23-24H,5-6,11-17H2,1-4H3,(H-,27,28,34)/p+1. The summed E-state index contributed by atoms with van der Waals surface area (Å²) in [6.45, 7) is 8.59. The third-order valence-electron chi connectivity index (χ3n) is 8.69. The zero-order valence-corrected chi connectivity index (χ0v) is 23.6. The first-order valence-corrected chi connectivity index (χ1v) is 15.2. The largest absolute Gasteiger partial charge is 0.343 e. The second-order valence-corrected chi connectivity index (χ2v) is 12.5. The van der Waals surface area contributed by atoms with Crippen LogP contribution in [-0.4, -0.2) is 91.3 Å². The SMILES string of the molecule is CCN(CC)C(=O)C1C2CC(C3CCN(S(=O)(=O)c4ccc(NC(=O)NC)cc4)CC3)CCN2[N+](=O)C1C. The molecule has 3 fully saturated rings. The van der Waals surface area contributed by atoms with Crippen LogP contribution in [0.4, 0.5) is 10.5 Å². The molecule has 0 aromatic heterocycles. The number of piperidine rings is 2. The van der Waals surface area contributed by atoms with Gasteiger partial charge in [0.1, 0.15) is 16.8 Å². The van der Waals surface area contributed by atoms with E-state index in [1.54, 1.807) is 16.4 Å². The fourth-order valence-electron chi connectivity index (χ4n) is 6.47. The first kappa shape index (κ1) is 28.3. The summed E-state index contributed by atoms with van der Waals surface area (Å²) in [6.07, 6.45) is 3.19. The normalized spacial score (nSPS) is 26.6. The Morgan fingerprint density at radius 2 is 1.63 bits per heavy atom. The van der Waals surface area contributed by atoms with Crippen molar-refractivity contribution in [1.82, 2.24) is 19.5 Å². The van der Waals surface area contributed by atoms with Gasteiger partial charge in [0.15, 0.2) is 0 Å². The van der Waals surface area contributed by atoms with Gasteiger partial charge in [-0.2, -0.15) is 4.31 Å². The average molecular weight is 550 g/mol. The molecule has 210 valence electrons. The highest BCUT2D eigenvalue weighted by Gasteiger charge is 2.59. The maximum Gasteiger partial charge on any atom is 0.318 e. The Balaban J connectivity index is 1.39. The third kappa shape index (κ3) is 5.38. The maximum atomic E-state index is 13.3. The van der Waals surface area contributed by atoms with E-state index in [1.165, 1.54) is 19.2 Å². The topological polar surface area (TPSA) is 122 Å². The number of nitroso groups, excluding NO2 is 1. The Morgan fingerprint density at radius 3 is 2.21 bits per heavy atom. The van der Waals surface area contributed by atoms with Crippen LogP contribution in [0.3, 0.4) is 0 Å². The lowest BCUT2D eigenvalue weighted by molar-refractivity contribution is -0.716. The summed E-state index contributed by atoms with van der Waals surface area (Å²) in [4.78, 5) is 40.7. The van der Waals surface area contributed by atoms with E-state index in [0.717, 1.165) is 30.6 Å². The van der Waals surface area contributed by atoms with Crippen LogP contribution in [0.2, 0.25) is 0 Å². The molecule has 3 aliphatic heterocycles. The van der Waals surface area contributed by atoms with Crippen LogP contribution >= 0.6 is 0 Å². The van der Waals surface area contributed by atoms with Crippen molar-refractivity contribution < 1.29 is 22.9 Å². The number of hydrazine groups is 1. The number of hydrogen-bond donors (Lipinski definition) is 2. The monoisotopic (exact) mass is 549 g/mol. The molecule has 11 nitrogen and oxygen atoms in total. The molecule has 12 heteroatoms. The van der Waals surface area contributed by atoms with Crippen molar-refractivity contribution in [2.24, 2.45) is 17.8 Å². The molecule has 3 saturated heterocycles. The van der Waals surface area contributed by atoms with E-state index in [9.17, 15) is 22.9 Å². The number of sulfonamides is 1. The van der Waals surface area contributed by atoms with E-state index in [-0.39, 0.29) is 34.8 Å². The van der Waals surface area contributed by atoms with Gasteiger partial charge in [-0.05, 0) is 75.6 Å². The highest BCUT2D eigenvalue weighted by atomic mass is 32.2. The summed E-state index contributed by atoms with van der Waals surface area (Å²) in [5, 5.41) is 6.94. The Kier molecular flexibility index (Phi) is 8.61. The maximum absolute atomic E-state index is 13.3. The first-order chi connectivity index (χ1) is 18.1. The average Bonchev–Trinajstić information content (AvgIpc) is 3.18. The lowest BCUT2D eigenvalue weighted by Gasteiger charge is -2.40.